The highest BCUT2D eigenvalue weighted by molar-refractivity contribution is 5.42. The molecule has 4 nitrogen and oxygen atoms in total. The van der Waals surface area contributed by atoms with Gasteiger partial charge in [0.2, 0.25) is 0 Å². The molecular weight excluding hydrogens is 251 g/mol. The third kappa shape index (κ3) is 3.78. The summed E-state index contributed by atoms with van der Waals surface area (Å²) in [6.45, 7) is -0.671. The van der Waals surface area contributed by atoms with Crippen LogP contribution in [0.4, 0.5) is 13.2 Å². The number of alkyl halides is 3. The minimum absolute atomic E-state index is 0.115. The molecule has 1 atom stereocenters. The van der Waals surface area contributed by atoms with Gasteiger partial charge >= 0.3 is 6.18 Å². The van der Waals surface area contributed by atoms with Crippen molar-refractivity contribution in [1.82, 2.24) is 0 Å². The zero-order valence-electron chi connectivity index (χ0n) is 9.70. The number of halogens is 3. The van der Waals surface area contributed by atoms with Gasteiger partial charge in [-0.1, -0.05) is 6.07 Å². The largest absolute Gasteiger partial charge is 0.493 e. The number of aliphatic hydroxyl groups excluding tert-OH is 1. The monoisotopic (exact) mass is 265 g/mol. The molecule has 0 aromatic heterocycles. The van der Waals surface area contributed by atoms with E-state index in [1.807, 2.05) is 0 Å². The van der Waals surface area contributed by atoms with Crippen LogP contribution >= 0.6 is 0 Å². The maximum absolute atomic E-state index is 12.1. The quantitative estimate of drug-likeness (QED) is 0.846. The standard InChI is InChI=1S/C11H14F3NO3/c1-17-8-3-2-7(5-15)4-9(8)18-6-10(16)11(12,13)14/h2-4,10,16H,5-6,15H2,1H3. The molecule has 0 saturated carbocycles. The highest BCUT2D eigenvalue weighted by Crippen LogP contribution is 2.29. The fourth-order valence-corrected chi connectivity index (χ4v) is 1.22. The Balaban J connectivity index is 2.77. The van der Waals surface area contributed by atoms with Gasteiger partial charge in [-0.15, -0.1) is 0 Å². The van der Waals surface area contributed by atoms with Crippen molar-refractivity contribution in [3.63, 3.8) is 0 Å². The molecule has 0 radical (unpaired) electrons. The van der Waals surface area contributed by atoms with Crippen LogP contribution < -0.4 is 15.2 Å². The summed E-state index contributed by atoms with van der Waals surface area (Å²) in [4.78, 5) is 0. The Labute approximate surface area is 102 Å². The number of ether oxygens (including phenoxy) is 2. The number of nitrogens with two attached hydrogens (primary N) is 1. The Morgan fingerprint density at radius 3 is 2.50 bits per heavy atom. The molecule has 0 saturated heterocycles. The van der Waals surface area contributed by atoms with Gasteiger partial charge in [0.05, 0.1) is 7.11 Å². The number of methoxy groups -OCH3 is 1. The molecule has 3 N–H and O–H groups in total. The number of hydrogen-bond acceptors (Lipinski definition) is 4. The van der Waals surface area contributed by atoms with E-state index in [2.05, 4.69) is 0 Å². The van der Waals surface area contributed by atoms with Crippen LogP contribution in [0, 0.1) is 0 Å². The van der Waals surface area contributed by atoms with E-state index in [1.54, 1.807) is 6.07 Å². The first kappa shape index (κ1) is 14.6. The number of rotatable bonds is 5. The van der Waals surface area contributed by atoms with E-state index in [1.165, 1.54) is 19.2 Å². The van der Waals surface area contributed by atoms with Crippen molar-refractivity contribution in [1.29, 1.82) is 0 Å². The van der Waals surface area contributed by atoms with E-state index in [-0.39, 0.29) is 18.0 Å². The summed E-state index contributed by atoms with van der Waals surface area (Å²) in [5.74, 6) is 0.394. The summed E-state index contributed by atoms with van der Waals surface area (Å²) in [5, 5.41) is 8.82. The first-order valence-electron chi connectivity index (χ1n) is 5.13. The summed E-state index contributed by atoms with van der Waals surface area (Å²) in [6, 6.07) is 4.69. The normalized spacial score (nSPS) is 13.2. The lowest BCUT2D eigenvalue weighted by Crippen LogP contribution is -2.34. The summed E-state index contributed by atoms with van der Waals surface area (Å²) in [6.07, 6.45) is -7.25. The van der Waals surface area contributed by atoms with E-state index >= 15 is 0 Å². The van der Waals surface area contributed by atoms with Gasteiger partial charge in [0, 0.05) is 6.54 Å². The van der Waals surface area contributed by atoms with Crippen molar-refractivity contribution in [3.05, 3.63) is 23.8 Å². The van der Waals surface area contributed by atoms with E-state index in [0.717, 1.165) is 0 Å². The van der Waals surface area contributed by atoms with Crippen LogP contribution in [0.5, 0.6) is 11.5 Å². The Morgan fingerprint density at radius 1 is 1.33 bits per heavy atom. The van der Waals surface area contributed by atoms with Gasteiger partial charge in [-0.25, -0.2) is 0 Å². The fourth-order valence-electron chi connectivity index (χ4n) is 1.22. The van der Waals surface area contributed by atoms with Gasteiger partial charge in [0.25, 0.3) is 0 Å². The Kier molecular flexibility index (Phi) is 4.80. The van der Waals surface area contributed by atoms with Crippen LogP contribution in [0.1, 0.15) is 5.56 Å². The van der Waals surface area contributed by atoms with Crippen LogP contribution in [0.25, 0.3) is 0 Å². The summed E-state index contributed by atoms with van der Waals surface area (Å²) in [5.41, 5.74) is 6.10. The molecule has 1 unspecified atom stereocenters. The van der Waals surface area contributed by atoms with Gasteiger partial charge in [-0.2, -0.15) is 13.2 Å². The van der Waals surface area contributed by atoms with Crippen LogP contribution in [0.2, 0.25) is 0 Å². The van der Waals surface area contributed by atoms with Crippen molar-refractivity contribution in [2.75, 3.05) is 13.7 Å². The maximum atomic E-state index is 12.1. The van der Waals surface area contributed by atoms with Crippen LogP contribution in [0.15, 0.2) is 18.2 Å². The first-order valence-corrected chi connectivity index (χ1v) is 5.13. The smallest absolute Gasteiger partial charge is 0.417 e. The second-order valence-electron chi connectivity index (χ2n) is 3.56. The third-order valence-electron chi connectivity index (χ3n) is 2.24. The minimum atomic E-state index is -4.71. The number of aliphatic hydroxyl groups is 1. The average Bonchev–Trinajstić information content (AvgIpc) is 2.34. The van der Waals surface area contributed by atoms with Crippen LogP contribution in [-0.4, -0.2) is 31.1 Å². The van der Waals surface area contributed by atoms with E-state index in [4.69, 9.17) is 20.3 Å². The molecule has 0 spiro atoms. The van der Waals surface area contributed by atoms with Gasteiger partial charge in [-0.3, -0.25) is 0 Å². The van der Waals surface area contributed by atoms with Crippen molar-refractivity contribution < 1.29 is 27.8 Å². The Hall–Kier alpha value is -1.47. The zero-order chi connectivity index (χ0) is 13.8. The van der Waals surface area contributed by atoms with E-state index in [0.29, 0.717) is 5.56 Å². The highest BCUT2D eigenvalue weighted by atomic mass is 19.4. The predicted octanol–water partition coefficient (Wildman–Crippen LogP) is 1.46. The van der Waals surface area contributed by atoms with Crippen molar-refractivity contribution in [3.8, 4) is 11.5 Å². The lowest BCUT2D eigenvalue weighted by Gasteiger charge is -2.17. The lowest BCUT2D eigenvalue weighted by molar-refractivity contribution is -0.210. The topological polar surface area (TPSA) is 64.7 Å². The molecular formula is C11H14F3NO3. The second kappa shape index (κ2) is 5.92. The molecule has 102 valence electrons. The van der Waals surface area contributed by atoms with Crippen molar-refractivity contribution >= 4 is 0 Å². The number of benzene rings is 1. The first-order chi connectivity index (χ1) is 8.38. The van der Waals surface area contributed by atoms with Crippen LogP contribution in [-0.2, 0) is 6.54 Å². The van der Waals surface area contributed by atoms with Crippen LogP contribution in [0.3, 0.4) is 0 Å². The third-order valence-corrected chi connectivity index (χ3v) is 2.24. The molecule has 0 aliphatic heterocycles. The highest BCUT2D eigenvalue weighted by Gasteiger charge is 2.38. The van der Waals surface area contributed by atoms with Gasteiger partial charge < -0.3 is 20.3 Å². The number of hydrogen-bond donors (Lipinski definition) is 2. The fraction of sp³-hybridized carbons (Fsp3) is 0.455. The molecule has 0 heterocycles. The SMILES string of the molecule is COc1ccc(CN)cc1OCC(O)C(F)(F)F. The summed E-state index contributed by atoms with van der Waals surface area (Å²) in [7, 11) is 1.37. The summed E-state index contributed by atoms with van der Waals surface area (Å²) < 4.78 is 46.1. The van der Waals surface area contributed by atoms with Crippen molar-refractivity contribution in [2.24, 2.45) is 5.73 Å². The minimum Gasteiger partial charge on any atom is -0.493 e. The lowest BCUT2D eigenvalue weighted by atomic mass is 10.2. The maximum Gasteiger partial charge on any atom is 0.417 e. The molecule has 0 fully saturated rings. The predicted molar refractivity (Wildman–Crippen MR) is 58.4 cm³/mol. The van der Waals surface area contributed by atoms with Gasteiger partial charge in [0.1, 0.15) is 6.61 Å². The molecule has 0 aliphatic rings. The Bertz CT molecular complexity index is 396. The summed E-state index contributed by atoms with van der Waals surface area (Å²) >= 11 is 0. The molecule has 18 heavy (non-hydrogen) atoms. The van der Waals surface area contributed by atoms with Crippen molar-refractivity contribution in [2.45, 2.75) is 18.8 Å². The second-order valence-corrected chi connectivity index (χ2v) is 3.56. The van der Waals surface area contributed by atoms with E-state index < -0.39 is 18.9 Å². The molecule has 7 heteroatoms. The van der Waals surface area contributed by atoms with Gasteiger partial charge in [0.15, 0.2) is 17.6 Å². The van der Waals surface area contributed by atoms with E-state index in [9.17, 15) is 13.2 Å². The molecule has 0 bridgehead atoms. The molecule has 1 rings (SSSR count). The molecule has 0 amide bonds. The average molecular weight is 265 g/mol. The Morgan fingerprint density at radius 2 is 2.00 bits per heavy atom. The molecule has 1 aromatic rings. The molecule has 1 aromatic carbocycles. The molecule has 0 aliphatic carbocycles. The van der Waals surface area contributed by atoms with Gasteiger partial charge in [-0.05, 0) is 17.7 Å². The zero-order valence-corrected chi connectivity index (χ0v) is 9.70.